The third kappa shape index (κ3) is 5.24. The van der Waals surface area contributed by atoms with Gasteiger partial charge < -0.3 is 15.4 Å². The zero-order valence-corrected chi connectivity index (χ0v) is 21.2. The molecule has 0 bridgehead atoms. The quantitative estimate of drug-likeness (QED) is 0.381. The van der Waals surface area contributed by atoms with Crippen molar-refractivity contribution in [2.45, 2.75) is 38.3 Å². The lowest BCUT2D eigenvalue weighted by Gasteiger charge is -2.35. The topological polar surface area (TPSA) is 108 Å². The van der Waals surface area contributed by atoms with Gasteiger partial charge in [-0.2, -0.15) is 0 Å². The number of hydrogen-bond acceptors (Lipinski definition) is 6. The van der Waals surface area contributed by atoms with Crippen molar-refractivity contribution in [3.8, 4) is 0 Å². The van der Waals surface area contributed by atoms with E-state index in [1.807, 2.05) is 47.4 Å². The maximum absolute atomic E-state index is 13.2. The molecule has 3 aromatic carbocycles. The van der Waals surface area contributed by atoms with Crippen LogP contribution in [0.1, 0.15) is 36.5 Å². The highest BCUT2D eigenvalue weighted by Gasteiger charge is 2.43. The van der Waals surface area contributed by atoms with Crippen molar-refractivity contribution in [2.75, 3.05) is 29.9 Å². The van der Waals surface area contributed by atoms with Gasteiger partial charge in [0, 0.05) is 24.5 Å². The largest absolute Gasteiger partial charge is 0.462 e. The first-order valence-electron chi connectivity index (χ1n) is 12.9. The number of imide groups is 1. The van der Waals surface area contributed by atoms with Gasteiger partial charge in [0.05, 0.1) is 36.0 Å². The second-order valence-electron chi connectivity index (χ2n) is 9.49. The van der Waals surface area contributed by atoms with E-state index in [2.05, 4.69) is 10.6 Å². The number of carbonyl (C=O) groups excluding carboxylic acids is 4. The summed E-state index contributed by atoms with van der Waals surface area (Å²) in [7, 11) is 0. The minimum atomic E-state index is -0.530. The van der Waals surface area contributed by atoms with Gasteiger partial charge in [-0.05, 0) is 55.5 Å². The molecule has 0 spiro atoms. The van der Waals surface area contributed by atoms with Crippen molar-refractivity contribution < 1.29 is 23.9 Å². The van der Waals surface area contributed by atoms with E-state index in [-0.39, 0.29) is 36.9 Å². The number of esters is 1. The second kappa shape index (κ2) is 11.0. The van der Waals surface area contributed by atoms with Gasteiger partial charge in [-0.25, -0.2) is 14.5 Å². The molecule has 2 saturated heterocycles. The standard InChI is InChI=1S/C29H30N4O5/c1-2-38-28(36)20-10-12-22(13-11-20)33-26(34)18-25(27(33)35)32-16-14-21(15-17-32)30-29(37)31-24-9-5-7-19-6-3-4-8-23(19)24/h3-13,21,25H,2,14-18H2,1H3,(H2,30,31,37). The van der Waals surface area contributed by atoms with Crippen molar-refractivity contribution in [3.63, 3.8) is 0 Å². The fourth-order valence-corrected chi connectivity index (χ4v) is 5.17. The number of benzene rings is 3. The first kappa shape index (κ1) is 25.4. The van der Waals surface area contributed by atoms with Gasteiger partial charge in [-0.3, -0.25) is 14.5 Å². The Morgan fingerprint density at radius 2 is 1.66 bits per heavy atom. The lowest BCUT2D eigenvalue weighted by molar-refractivity contribution is -0.123. The lowest BCUT2D eigenvalue weighted by atomic mass is 10.0. The number of nitrogens with one attached hydrogen (secondary N) is 2. The Morgan fingerprint density at radius 1 is 0.947 bits per heavy atom. The molecule has 0 aromatic heterocycles. The smallest absolute Gasteiger partial charge is 0.338 e. The zero-order valence-electron chi connectivity index (χ0n) is 21.2. The molecule has 1 atom stereocenters. The number of hydrogen-bond donors (Lipinski definition) is 2. The molecule has 2 aliphatic rings. The number of amides is 4. The van der Waals surface area contributed by atoms with E-state index in [1.165, 1.54) is 4.90 Å². The summed E-state index contributed by atoms with van der Waals surface area (Å²) in [6.07, 6.45) is 1.46. The molecular formula is C29H30N4O5. The molecule has 0 aliphatic carbocycles. The number of piperidine rings is 1. The van der Waals surface area contributed by atoms with E-state index in [0.29, 0.717) is 37.2 Å². The highest BCUT2D eigenvalue weighted by Crippen LogP contribution is 2.28. The summed E-state index contributed by atoms with van der Waals surface area (Å²) in [5.74, 6) is -0.976. The second-order valence-corrected chi connectivity index (χ2v) is 9.49. The maximum atomic E-state index is 13.2. The highest BCUT2D eigenvalue weighted by molar-refractivity contribution is 6.22. The number of nitrogens with zero attached hydrogens (tertiary/aromatic N) is 2. The van der Waals surface area contributed by atoms with Crippen LogP contribution in [0.4, 0.5) is 16.2 Å². The number of ether oxygens (including phenoxy) is 1. The molecule has 2 aliphatic heterocycles. The van der Waals surface area contributed by atoms with E-state index < -0.39 is 12.0 Å². The Bertz CT molecular complexity index is 1360. The van der Waals surface area contributed by atoms with Crippen LogP contribution in [0.3, 0.4) is 0 Å². The van der Waals surface area contributed by atoms with Crippen molar-refractivity contribution in [1.82, 2.24) is 10.2 Å². The molecule has 3 aromatic rings. The van der Waals surface area contributed by atoms with Crippen LogP contribution < -0.4 is 15.5 Å². The predicted molar refractivity (Wildman–Crippen MR) is 144 cm³/mol. The fraction of sp³-hybridized carbons (Fsp3) is 0.310. The number of urea groups is 1. The van der Waals surface area contributed by atoms with E-state index in [0.717, 1.165) is 16.5 Å². The van der Waals surface area contributed by atoms with Crippen LogP contribution in [0, 0.1) is 0 Å². The summed E-state index contributed by atoms with van der Waals surface area (Å²) in [5, 5.41) is 8.03. The lowest BCUT2D eigenvalue weighted by Crippen LogP contribution is -2.50. The van der Waals surface area contributed by atoms with Crippen LogP contribution >= 0.6 is 0 Å². The summed E-state index contributed by atoms with van der Waals surface area (Å²) in [5.41, 5.74) is 1.56. The normalized spacial score (nSPS) is 18.6. The van der Waals surface area contributed by atoms with E-state index in [4.69, 9.17) is 4.74 Å². The minimum absolute atomic E-state index is 0.0278. The van der Waals surface area contributed by atoms with Gasteiger partial charge in [-0.15, -0.1) is 0 Å². The SMILES string of the molecule is CCOC(=O)c1ccc(N2C(=O)CC(N3CCC(NC(=O)Nc4cccc5ccccc45)CC3)C2=O)cc1. The maximum Gasteiger partial charge on any atom is 0.338 e. The number of fused-ring (bicyclic) bond motifs is 1. The average molecular weight is 515 g/mol. The van der Waals surface area contributed by atoms with Crippen molar-refractivity contribution in [2.24, 2.45) is 0 Å². The molecule has 9 heteroatoms. The van der Waals surface area contributed by atoms with Gasteiger partial charge in [0.25, 0.3) is 5.91 Å². The van der Waals surface area contributed by atoms with Crippen molar-refractivity contribution in [3.05, 3.63) is 72.3 Å². The third-order valence-electron chi connectivity index (χ3n) is 7.10. The molecule has 9 nitrogen and oxygen atoms in total. The molecule has 4 amide bonds. The molecule has 196 valence electrons. The summed E-state index contributed by atoms with van der Waals surface area (Å²) in [6.45, 7) is 3.19. The number of rotatable bonds is 6. The van der Waals surface area contributed by atoms with Crippen LogP contribution in [-0.4, -0.2) is 60.5 Å². The monoisotopic (exact) mass is 514 g/mol. The van der Waals surface area contributed by atoms with E-state index in [9.17, 15) is 19.2 Å². The predicted octanol–water partition coefficient (Wildman–Crippen LogP) is 3.93. The number of likely N-dealkylation sites (tertiary alicyclic amines) is 1. The Balaban J connectivity index is 1.15. The van der Waals surface area contributed by atoms with Crippen LogP contribution in [0.2, 0.25) is 0 Å². The van der Waals surface area contributed by atoms with Crippen molar-refractivity contribution in [1.29, 1.82) is 0 Å². The third-order valence-corrected chi connectivity index (χ3v) is 7.10. The molecular weight excluding hydrogens is 484 g/mol. The molecule has 2 N–H and O–H groups in total. The average Bonchev–Trinajstić information content (AvgIpc) is 3.23. The van der Waals surface area contributed by atoms with E-state index >= 15 is 0 Å². The van der Waals surface area contributed by atoms with Crippen LogP contribution in [0.15, 0.2) is 66.7 Å². The molecule has 5 rings (SSSR count). The summed E-state index contributed by atoms with van der Waals surface area (Å²) < 4.78 is 4.99. The Kier molecular flexibility index (Phi) is 7.37. The minimum Gasteiger partial charge on any atom is -0.462 e. The molecule has 1 unspecified atom stereocenters. The zero-order chi connectivity index (χ0) is 26.6. The van der Waals surface area contributed by atoms with E-state index in [1.54, 1.807) is 31.2 Å². The summed E-state index contributed by atoms with van der Waals surface area (Å²) >= 11 is 0. The van der Waals surface area contributed by atoms with Gasteiger partial charge in [-0.1, -0.05) is 36.4 Å². The molecule has 2 fully saturated rings. The molecule has 38 heavy (non-hydrogen) atoms. The molecule has 2 heterocycles. The Morgan fingerprint density at radius 3 is 2.39 bits per heavy atom. The Labute approximate surface area is 220 Å². The summed E-state index contributed by atoms with van der Waals surface area (Å²) in [4.78, 5) is 53.8. The van der Waals surface area contributed by atoms with Crippen LogP contribution in [0.25, 0.3) is 10.8 Å². The molecule has 0 saturated carbocycles. The first-order chi connectivity index (χ1) is 18.4. The van der Waals surface area contributed by atoms with Gasteiger partial charge in [0.2, 0.25) is 5.91 Å². The highest BCUT2D eigenvalue weighted by atomic mass is 16.5. The van der Waals surface area contributed by atoms with Gasteiger partial charge in [0.1, 0.15) is 0 Å². The molecule has 0 radical (unpaired) electrons. The summed E-state index contributed by atoms with van der Waals surface area (Å²) in [6, 6.07) is 19.2. The first-order valence-corrected chi connectivity index (χ1v) is 12.9. The van der Waals surface area contributed by atoms with Crippen LogP contribution in [0.5, 0.6) is 0 Å². The fourth-order valence-electron chi connectivity index (χ4n) is 5.17. The van der Waals surface area contributed by atoms with Gasteiger partial charge >= 0.3 is 12.0 Å². The Hall–Kier alpha value is -4.24. The number of anilines is 2. The van der Waals surface area contributed by atoms with Crippen molar-refractivity contribution >= 4 is 46.0 Å². The van der Waals surface area contributed by atoms with Gasteiger partial charge in [0.15, 0.2) is 0 Å². The number of carbonyl (C=O) groups is 4. The van der Waals surface area contributed by atoms with Crippen LogP contribution in [-0.2, 0) is 14.3 Å².